The van der Waals surface area contributed by atoms with Crippen molar-refractivity contribution in [3.05, 3.63) is 70.1 Å². The fraction of sp³-hybridized carbons (Fsp3) is 0.296. The van der Waals surface area contributed by atoms with Crippen LogP contribution in [-0.2, 0) is 11.4 Å². The molecule has 0 radical (unpaired) electrons. The number of amides is 1. The molecule has 2 N–H and O–H groups in total. The summed E-state index contributed by atoms with van der Waals surface area (Å²) in [5.41, 5.74) is 6.70. The lowest BCUT2D eigenvalue weighted by Crippen LogP contribution is -1.96. The number of nitrogens with one attached hydrogen (secondary N) is 1. The molecule has 1 amide bonds. The summed E-state index contributed by atoms with van der Waals surface area (Å²) in [6, 6.07) is 9.66. The topological polar surface area (TPSA) is 118 Å². The highest BCUT2D eigenvalue weighted by Gasteiger charge is 2.08. The first-order chi connectivity index (χ1) is 18.4. The van der Waals surface area contributed by atoms with Crippen LogP contribution in [0.1, 0.15) is 42.8 Å². The van der Waals surface area contributed by atoms with Gasteiger partial charge in [-0.1, -0.05) is 38.1 Å². The van der Waals surface area contributed by atoms with E-state index in [1.54, 1.807) is 6.92 Å². The van der Waals surface area contributed by atoms with Gasteiger partial charge in [0.05, 0.1) is 24.0 Å². The zero-order valence-electron chi connectivity index (χ0n) is 22.5. The van der Waals surface area contributed by atoms with E-state index in [1.807, 2.05) is 87.2 Å². The minimum Gasteiger partial charge on any atom is -0.389 e. The fourth-order valence-electron chi connectivity index (χ4n) is 3.18. The van der Waals surface area contributed by atoms with E-state index in [9.17, 15) is 4.79 Å². The van der Waals surface area contributed by atoms with Crippen LogP contribution in [0.3, 0.4) is 0 Å². The lowest BCUT2D eigenvalue weighted by atomic mass is 10.1. The predicted molar refractivity (Wildman–Crippen MR) is 157 cm³/mol. The first kappa shape index (κ1) is 30.7. The number of aliphatic hydroxyl groups is 1. The van der Waals surface area contributed by atoms with Crippen LogP contribution in [-0.4, -0.2) is 42.0 Å². The zero-order valence-corrected chi connectivity index (χ0v) is 24.2. The van der Waals surface area contributed by atoms with Gasteiger partial charge >= 0.3 is 0 Å². The highest BCUT2D eigenvalue weighted by Crippen LogP contribution is 2.24. The van der Waals surface area contributed by atoms with Crippen molar-refractivity contribution in [3.8, 4) is 22.6 Å². The maximum Gasteiger partial charge on any atom is 0.223 e. The molecule has 5 aromatic rings. The van der Waals surface area contributed by atoms with Gasteiger partial charge in [0.1, 0.15) is 5.01 Å². The highest BCUT2D eigenvalue weighted by atomic mass is 32.1. The largest absolute Gasteiger partial charge is 0.389 e. The van der Waals surface area contributed by atoms with E-state index in [-0.39, 0.29) is 6.61 Å². The monoisotopic (exact) mass is 554 g/mol. The van der Waals surface area contributed by atoms with Crippen LogP contribution in [0.4, 0.5) is 5.69 Å². The molecule has 0 aliphatic rings. The smallest absolute Gasteiger partial charge is 0.223 e. The number of aliphatic hydroxyl groups excluding tert-OH is 1. The number of anilines is 1. The lowest BCUT2D eigenvalue weighted by Gasteiger charge is -2.04. The Morgan fingerprint density at radius 2 is 1.82 bits per heavy atom. The molecule has 0 spiro atoms. The van der Waals surface area contributed by atoms with Gasteiger partial charge in [-0.3, -0.25) is 4.79 Å². The minimum atomic E-state index is -0.00616. The van der Waals surface area contributed by atoms with Gasteiger partial charge in [-0.2, -0.15) is 22.7 Å². The summed E-state index contributed by atoms with van der Waals surface area (Å²) in [7, 11) is 0. The Balaban J connectivity index is 0.000000229. The summed E-state index contributed by atoms with van der Waals surface area (Å²) < 4.78 is 6.75. The standard InChI is InChI=1S/C12H11N3OS.C11H11N3O2.C2H6S.C2H6/c1-8-4-13-15-5-9(2-3-11(8)15)10-7-17-12(6-16)14-10;1-7-3-4-9(5-10(7)12-6-15)11-13-8(2)16-14-11;1-2-3;1-2/h2-5,7,16H,6H2,1H3;3-6H,1-2H3,(H,12,15);3H,2H2,1H3;1-2H3. The van der Waals surface area contributed by atoms with Crippen LogP contribution in [0.2, 0.25) is 0 Å². The third-order valence-corrected chi connectivity index (χ3v) is 5.76. The summed E-state index contributed by atoms with van der Waals surface area (Å²) >= 11 is 5.25. The molecule has 0 aliphatic heterocycles. The summed E-state index contributed by atoms with van der Waals surface area (Å²) in [6.07, 6.45) is 4.45. The van der Waals surface area contributed by atoms with Crippen LogP contribution in [0.5, 0.6) is 0 Å². The molecule has 202 valence electrons. The Bertz CT molecular complexity index is 1430. The van der Waals surface area contributed by atoms with Crippen LogP contribution < -0.4 is 5.32 Å². The van der Waals surface area contributed by atoms with Crippen molar-refractivity contribution in [2.75, 3.05) is 11.1 Å². The highest BCUT2D eigenvalue weighted by molar-refractivity contribution is 7.80. The van der Waals surface area contributed by atoms with Gasteiger partial charge in [-0.15, -0.1) is 11.3 Å². The van der Waals surface area contributed by atoms with E-state index in [0.29, 0.717) is 18.1 Å². The molecular formula is C27H34N6O3S2. The van der Waals surface area contributed by atoms with Crippen LogP contribution >= 0.6 is 24.0 Å². The number of carbonyl (C=O) groups is 1. The third kappa shape index (κ3) is 8.23. The number of carbonyl (C=O) groups excluding carboxylic acids is 1. The van der Waals surface area contributed by atoms with E-state index in [1.165, 1.54) is 11.3 Å². The number of aromatic nitrogens is 5. The van der Waals surface area contributed by atoms with Crippen LogP contribution in [0.25, 0.3) is 28.2 Å². The van der Waals surface area contributed by atoms with Crippen molar-refractivity contribution in [1.82, 2.24) is 24.7 Å². The maximum atomic E-state index is 10.4. The first-order valence-electron chi connectivity index (χ1n) is 12.1. The Hall–Kier alpha value is -3.54. The van der Waals surface area contributed by atoms with Gasteiger partial charge in [0.25, 0.3) is 0 Å². The Labute approximate surface area is 232 Å². The molecule has 0 saturated heterocycles. The van der Waals surface area contributed by atoms with Gasteiger partial charge in [0.2, 0.25) is 18.1 Å². The summed E-state index contributed by atoms with van der Waals surface area (Å²) in [6.45, 7) is 11.7. The number of thiol groups is 1. The average molecular weight is 555 g/mol. The molecule has 0 fully saturated rings. The number of benzene rings is 1. The molecule has 11 heteroatoms. The number of rotatable bonds is 5. The van der Waals surface area contributed by atoms with E-state index in [2.05, 4.69) is 38.2 Å². The number of hydrogen-bond acceptors (Lipinski definition) is 9. The molecule has 9 nitrogen and oxygen atoms in total. The van der Waals surface area contributed by atoms with Crippen molar-refractivity contribution in [2.24, 2.45) is 0 Å². The lowest BCUT2D eigenvalue weighted by molar-refractivity contribution is -0.105. The zero-order chi connectivity index (χ0) is 28.1. The molecular weight excluding hydrogens is 520 g/mol. The van der Waals surface area contributed by atoms with Crippen molar-refractivity contribution in [2.45, 2.75) is 48.1 Å². The van der Waals surface area contributed by atoms with Gasteiger partial charge < -0.3 is 14.9 Å². The van der Waals surface area contributed by atoms with Crippen molar-refractivity contribution < 1.29 is 14.4 Å². The van der Waals surface area contributed by atoms with E-state index in [4.69, 9.17) is 9.63 Å². The molecule has 0 aliphatic carbocycles. The van der Waals surface area contributed by atoms with E-state index >= 15 is 0 Å². The van der Waals surface area contributed by atoms with Crippen molar-refractivity contribution in [3.63, 3.8) is 0 Å². The number of pyridine rings is 1. The molecule has 38 heavy (non-hydrogen) atoms. The molecule has 0 unspecified atom stereocenters. The van der Waals surface area contributed by atoms with Gasteiger partial charge in [0.15, 0.2) is 0 Å². The molecule has 0 atom stereocenters. The SMILES string of the molecule is CC.CCS.Cc1cnn2cc(-c3csc(CO)n3)ccc12.Cc1nc(-c2ccc(C)c(NC=O)c2)no1. The summed E-state index contributed by atoms with van der Waals surface area (Å²) in [5.74, 6) is 1.98. The molecule has 4 heterocycles. The van der Waals surface area contributed by atoms with Crippen molar-refractivity contribution in [1.29, 1.82) is 0 Å². The summed E-state index contributed by atoms with van der Waals surface area (Å²) in [5, 5.41) is 22.4. The molecule has 1 aromatic carbocycles. The predicted octanol–water partition coefficient (Wildman–Crippen LogP) is 6.14. The quantitative estimate of drug-likeness (QED) is 0.176. The number of aryl methyl sites for hydroxylation is 3. The minimum absolute atomic E-state index is 0.00616. The Kier molecular flexibility index (Phi) is 12.6. The van der Waals surface area contributed by atoms with Gasteiger partial charge in [-0.25, -0.2) is 9.50 Å². The third-order valence-electron chi connectivity index (χ3n) is 4.93. The Morgan fingerprint density at radius 3 is 2.42 bits per heavy atom. The second kappa shape index (κ2) is 15.7. The first-order valence-corrected chi connectivity index (χ1v) is 13.6. The second-order valence-electron chi connectivity index (χ2n) is 7.60. The fourth-order valence-corrected chi connectivity index (χ4v) is 3.84. The maximum absolute atomic E-state index is 10.4. The van der Waals surface area contributed by atoms with E-state index < -0.39 is 0 Å². The van der Waals surface area contributed by atoms with Crippen LogP contribution in [0.15, 0.2) is 52.6 Å². The number of hydrogen-bond donors (Lipinski definition) is 3. The average Bonchev–Trinajstić information content (AvgIpc) is 3.68. The van der Waals surface area contributed by atoms with Crippen LogP contribution in [0, 0.1) is 20.8 Å². The molecule has 0 bridgehead atoms. The molecule has 4 aromatic heterocycles. The Morgan fingerprint density at radius 1 is 1.11 bits per heavy atom. The van der Waals surface area contributed by atoms with Gasteiger partial charge in [-0.05, 0) is 48.9 Å². The van der Waals surface area contributed by atoms with E-state index in [0.717, 1.165) is 49.9 Å². The number of nitrogens with zero attached hydrogens (tertiary/aromatic N) is 5. The van der Waals surface area contributed by atoms with Crippen molar-refractivity contribution >= 4 is 41.6 Å². The number of fused-ring (bicyclic) bond motifs is 1. The number of thiazole rings is 1. The second-order valence-corrected chi connectivity index (χ2v) is 9.18. The van der Waals surface area contributed by atoms with Gasteiger partial charge in [0, 0.05) is 35.3 Å². The normalized spacial score (nSPS) is 9.89. The molecule has 5 rings (SSSR count). The summed E-state index contributed by atoms with van der Waals surface area (Å²) in [4.78, 5) is 18.9. The molecule has 0 saturated carbocycles.